The Morgan fingerprint density at radius 3 is 2.52 bits per heavy atom. The molecule has 21 heavy (non-hydrogen) atoms. The molecule has 0 bridgehead atoms. The first-order chi connectivity index (χ1) is 10.4. The van der Waals surface area contributed by atoms with Crippen molar-refractivity contribution in [1.29, 1.82) is 0 Å². The summed E-state index contributed by atoms with van der Waals surface area (Å²) in [7, 11) is 1.82. The zero-order valence-corrected chi connectivity index (χ0v) is 12.6. The molecule has 0 heterocycles. The van der Waals surface area contributed by atoms with Crippen LogP contribution in [-0.4, -0.2) is 19.3 Å². The van der Waals surface area contributed by atoms with E-state index < -0.39 is 0 Å². The molecule has 2 aromatic carbocycles. The van der Waals surface area contributed by atoms with E-state index in [-0.39, 0.29) is 0 Å². The van der Waals surface area contributed by atoms with Gasteiger partial charge < -0.3 is 10.1 Å². The summed E-state index contributed by atoms with van der Waals surface area (Å²) in [5.41, 5.74) is 3.77. The van der Waals surface area contributed by atoms with E-state index in [4.69, 9.17) is 4.74 Å². The van der Waals surface area contributed by atoms with Crippen LogP contribution in [0.25, 0.3) is 11.1 Å². The van der Waals surface area contributed by atoms with Gasteiger partial charge in [-0.3, -0.25) is 0 Å². The van der Waals surface area contributed by atoms with Gasteiger partial charge in [0.05, 0.1) is 6.10 Å². The predicted octanol–water partition coefficient (Wildman–Crippen LogP) is 4.72. The first kappa shape index (κ1) is 14.2. The van der Waals surface area contributed by atoms with Gasteiger partial charge in [0.25, 0.3) is 0 Å². The zero-order valence-electron chi connectivity index (χ0n) is 12.6. The SMILES string of the molecule is COC1CCCC(Nc2ccccc2-c2ccccc2)C1. The molecular formula is C19H23NO. The van der Waals surface area contributed by atoms with E-state index in [0.717, 1.165) is 6.42 Å². The molecule has 0 aromatic heterocycles. The Morgan fingerprint density at radius 1 is 0.952 bits per heavy atom. The van der Waals surface area contributed by atoms with E-state index in [1.165, 1.54) is 36.1 Å². The van der Waals surface area contributed by atoms with E-state index in [1.807, 2.05) is 7.11 Å². The average molecular weight is 281 g/mol. The Kier molecular flexibility index (Phi) is 4.56. The summed E-state index contributed by atoms with van der Waals surface area (Å²) < 4.78 is 5.53. The van der Waals surface area contributed by atoms with Crippen molar-refractivity contribution in [2.45, 2.75) is 37.8 Å². The highest BCUT2D eigenvalue weighted by Gasteiger charge is 2.22. The van der Waals surface area contributed by atoms with Crippen molar-refractivity contribution in [1.82, 2.24) is 0 Å². The quantitative estimate of drug-likeness (QED) is 0.875. The molecule has 1 aliphatic rings. The standard InChI is InChI=1S/C19H23NO/c1-21-17-11-7-10-16(14-17)20-19-13-6-5-12-18(19)15-8-3-2-4-9-15/h2-6,8-9,12-13,16-17,20H,7,10-11,14H2,1H3. The summed E-state index contributed by atoms with van der Waals surface area (Å²) in [4.78, 5) is 0. The highest BCUT2D eigenvalue weighted by Crippen LogP contribution is 2.30. The number of anilines is 1. The lowest BCUT2D eigenvalue weighted by molar-refractivity contribution is 0.0669. The van der Waals surface area contributed by atoms with Gasteiger partial charge in [-0.1, -0.05) is 48.5 Å². The molecule has 0 amide bonds. The van der Waals surface area contributed by atoms with E-state index in [9.17, 15) is 0 Å². The second kappa shape index (κ2) is 6.77. The molecule has 1 fully saturated rings. The van der Waals surface area contributed by atoms with Crippen molar-refractivity contribution in [3.05, 3.63) is 54.6 Å². The van der Waals surface area contributed by atoms with Gasteiger partial charge in [-0.15, -0.1) is 0 Å². The Balaban J connectivity index is 1.80. The van der Waals surface area contributed by atoms with Gasteiger partial charge >= 0.3 is 0 Å². The lowest BCUT2D eigenvalue weighted by Gasteiger charge is -2.30. The topological polar surface area (TPSA) is 21.3 Å². The van der Waals surface area contributed by atoms with Gasteiger partial charge in [0.1, 0.15) is 0 Å². The molecule has 0 aliphatic heterocycles. The van der Waals surface area contributed by atoms with Crippen LogP contribution in [0.5, 0.6) is 0 Å². The van der Waals surface area contributed by atoms with E-state index in [2.05, 4.69) is 59.9 Å². The minimum atomic E-state index is 0.403. The fourth-order valence-corrected chi connectivity index (χ4v) is 3.19. The third-order valence-electron chi connectivity index (χ3n) is 4.33. The maximum atomic E-state index is 5.53. The molecule has 0 radical (unpaired) electrons. The van der Waals surface area contributed by atoms with Crippen molar-refractivity contribution < 1.29 is 4.74 Å². The zero-order chi connectivity index (χ0) is 14.5. The van der Waals surface area contributed by atoms with Crippen LogP contribution in [0.1, 0.15) is 25.7 Å². The summed E-state index contributed by atoms with van der Waals surface area (Å²) >= 11 is 0. The van der Waals surface area contributed by atoms with Crippen molar-refractivity contribution >= 4 is 5.69 Å². The van der Waals surface area contributed by atoms with Crippen LogP contribution >= 0.6 is 0 Å². The van der Waals surface area contributed by atoms with Crippen LogP contribution in [0.3, 0.4) is 0 Å². The lowest BCUT2D eigenvalue weighted by atomic mass is 9.92. The molecule has 2 heteroatoms. The van der Waals surface area contributed by atoms with Crippen molar-refractivity contribution in [3.8, 4) is 11.1 Å². The molecule has 2 unspecified atom stereocenters. The summed E-state index contributed by atoms with van der Waals surface area (Å²) in [5, 5.41) is 3.73. The van der Waals surface area contributed by atoms with Crippen LogP contribution in [0, 0.1) is 0 Å². The van der Waals surface area contributed by atoms with Crippen LogP contribution in [-0.2, 0) is 4.74 Å². The van der Waals surface area contributed by atoms with Crippen LogP contribution in [0.2, 0.25) is 0 Å². The van der Waals surface area contributed by atoms with E-state index in [0.29, 0.717) is 12.1 Å². The Labute approximate surface area is 127 Å². The number of hydrogen-bond acceptors (Lipinski definition) is 2. The number of nitrogens with one attached hydrogen (secondary N) is 1. The molecule has 0 spiro atoms. The van der Waals surface area contributed by atoms with Crippen LogP contribution < -0.4 is 5.32 Å². The first-order valence-corrected chi connectivity index (χ1v) is 7.80. The van der Waals surface area contributed by atoms with Crippen molar-refractivity contribution in [3.63, 3.8) is 0 Å². The van der Waals surface area contributed by atoms with E-state index in [1.54, 1.807) is 0 Å². The maximum absolute atomic E-state index is 5.53. The predicted molar refractivity (Wildman–Crippen MR) is 88.6 cm³/mol. The third-order valence-corrected chi connectivity index (χ3v) is 4.33. The number of ether oxygens (including phenoxy) is 1. The summed E-state index contributed by atoms with van der Waals surface area (Å²) in [6, 6.07) is 19.7. The lowest BCUT2D eigenvalue weighted by Crippen LogP contribution is -2.31. The summed E-state index contributed by atoms with van der Waals surface area (Å²) in [6.07, 6.45) is 5.15. The minimum Gasteiger partial charge on any atom is -0.382 e. The average Bonchev–Trinajstić information content (AvgIpc) is 2.56. The second-order valence-electron chi connectivity index (χ2n) is 5.78. The minimum absolute atomic E-state index is 0.403. The Bertz CT molecular complexity index is 567. The normalized spacial score (nSPS) is 22.0. The number of para-hydroxylation sites is 1. The highest BCUT2D eigenvalue weighted by atomic mass is 16.5. The highest BCUT2D eigenvalue weighted by molar-refractivity contribution is 5.77. The largest absolute Gasteiger partial charge is 0.382 e. The molecule has 1 N–H and O–H groups in total. The number of methoxy groups -OCH3 is 1. The molecule has 110 valence electrons. The van der Waals surface area contributed by atoms with Crippen molar-refractivity contribution in [2.75, 3.05) is 12.4 Å². The Hall–Kier alpha value is -1.80. The molecule has 2 atom stereocenters. The number of hydrogen-bond donors (Lipinski definition) is 1. The molecule has 2 aromatic rings. The summed E-state index contributed by atoms with van der Waals surface area (Å²) in [6.45, 7) is 0. The fourth-order valence-electron chi connectivity index (χ4n) is 3.19. The molecule has 1 aliphatic carbocycles. The fraction of sp³-hybridized carbons (Fsp3) is 0.368. The van der Waals surface area contributed by atoms with Crippen molar-refractivity contribution in [2.24, 2.45) is 0 Å². The summed E-state index contributed by atoms with van der Waals surface area (Å²) in [5.74, 6) is 0. The molecule has 0 saturated heterocycles. The van der Waals surface area contributed by atoms with Gasteiger partial charge in [-0.05, 0) is 37.3 Å². The molecular weight excluding hydrogens is 258 g/mol. The third kappa shape index (κ3) is 3.45. The van der Waals surface area contributed by atoms with E-state index >= 15 is 0 Å². The van der Waals surface area contributed by atoms with Crippen LogP contribution in [0.4, 0.5) is 5.69 Å². The van der Waals surface area contributed by atoms with Gasteiger partial charge in [-0.25, -0.2) is 0 Å². The van der Waals surface area contributed by atoms with Gasteiger partial charge in [0.2, 0.25) is 0 Å². The first-order valence-electron chi connectivity index (χ1n) is 7.80. The van der Waals surface area contributed by atoms with Gasteiger partial charge in [-0.2, -0.15) is 0 Å². The van der Waals surface area contributed by atoms with Gasteiger partial charge in [0, 0.05) is 24.4 Å². The maximum Gasteiger partial charge on any atom is 0.0590 e. The number of rotatable bonds is 4. The monoisotopic (exact) mass is 281 g/mol. The molecule has 2 nitrogen and oxygen atoms in total. The Morgan fingerprint density at radius 2 is 1.71 bits per heavy atom. The molecule has 1 saturated carbocycles. The smallest absolute Gasteiger partial charge is 0.0590 e. The van der Waals surface area contributed by atoms with Gasteiger partial charge in [0.15, 0.2) is 0 Å². The van der Waals surface area contributed by atoms with Crippen LogP contribution in [0.15, 0.2) is 54.6 Å². The second-order valence-corrected chi connectivity index (χ2v) is 5.78. The number of benzene rings is 2. The molecule has 3 rings (SSSR count).